The topological polar surface area (TPSA) is 60.7 Å². The molecule has 0 unspecified atom stereocenters. The maximum absolute atomic E-state index is 10.7. The third kappa shape index (κ3) is 10.0. The quantitative estimate of drug-likeness (QED) is 0.613. The van der Waals surface area contributed by atoms with Crippen LogP contribution in [0.4, 0.5) is 25.2 Å². The van der Waals surface area contributed by atoms with Gasteiger partial charge in [-0.15, -0.1) is 19.1 Å². The van der Waals surface area contributed by atoms with E-state index in [0.717, 1.165) is 0 Å². The van der Waals surface area contributed by atoms with Crippen LogP contribution < -0.4 is 0 Å². The average Bonchev–Trinajstić information content (AvgIpc) is 2.75. The fourth-order valence-electron chi connectivity index (χ4n) is 1.57. The molecule has 0 aliphatic rings. The first-order valence-corrected chi connectivity index (χ1v) is 9.56. The van der Waals surface area contributed by atoms with Crippen molar-refractivity contribution in [1.29, 1.82) is 0 Å². The van der Waals surface area contributed by atoms with Crippen molar-refractivity contribution in [1.82, 2.24) is 29.0 Å². The van der Waals surface area contributed by atoms with Crippen LogP contribution in [0.15, 0.2) is 12.4 Å². The Labute approximate surface area is 130 Å². The van der Waals surface area contributed by atoms with E-state index < -0.39 is 15.8 Å². The van der Waals surface area contributed by atoms with Crippen molar-refractivity contribution in [2.75, 3.05) is 35.2 Å². The molecular weight excluding hydrogens is 372 g/mol. The normalized spacial score (nSPS) is 16.1. The van der Waals surface area contributed by atoms with Crippen LogP contribution in [-0.4, -0.2) is 69.1 Å². The molecule has 1 aromatic rings. The third-order valence-corrected chi connectivity index (χ3v) is 5.54. The zero-order chi connectivity index (χ0) is 18.8. The van der Waals surface area contributed by atoms with Crippen molar-refractivity contribution in [3.8, 4) is 0 Å². The first-order chi connectivity index (χ1) is 9.84. The zero-order valence-corrected chi connectivity index (χ0v) is 14.9. The van der Waals surface area contributed by atoms with Crippen LogP contribution in [0, 0.1) is 0 Å². The van der Waals surface area contributed by atoms with E-state index >= 15 is 0 Å². The molecule has 1 rings (SSSR count). The molecule has 0 aliphatic heterocycles. The number of halogens is 6. The number of rotatable bonds is 5. The molecule has 0 aromatic carbocycles. The second-order valence-electron chi connectivity index (χ2n) is 4.93. The molecule has 0 spiro atoms. The summed E-state index contributed by atoms with van der Waals surface area (Å²) in [5.74, 6) is 0. The van der Waals surface area contributed by atoms with Gasteiger partial charge in [0.25, 0.3) is 0 Å². The van der Waals surface area contributed by atoms with Crippen LogP contribution in [-0.2, 0) is 6.67 Å². The van der Waals surface area contributed by atoms with E-state index in [1.165, 1.54) is 0 Å². The molecule has 15 heteroatoms. The second kappa shape index (κ2) is 6.38. The Morgan fingerprint density at radius 3 is 1.65 bits per heavy atom. The molecule has 0 saturated heterocycles. The van der Waals surface area contributed by atoms with Crippen molar-refractivity contribution >= 4 is 15.8 Å². The average molecular weight is 392 g/mol. The van der Waals surface area contributed by atoms with Crippen molar-refractivity contribution in [3.05, 3.63) is 12.4 Å². The van der Waals surface area contributed by atoms with Crippen molar-refractivity contribution in [2.45, 2.75) is 6.67 Å². The molecule has 0 amide bonds. The minimum atomic E-state index is -10.7. The summed E-state index contributed by atoms with van der Waals surface area (Å²) in [5.41, 5.74) is 0. The fraction of sp³-hybridized carbons (Fsp3) is 0.750. The molecule has 23 heavy (non-hydrogen) atoms. The molecule has 0 radical (unpaired) electrons. The van der Waals surface area contributed by atoms with Crippen LogP contribution in [0.3, 0.4) is 0 Å². The Bertz CT molecular complexity index is 473. The van der Waals surface area contributed by atoms with Gasteiger partial charge in [-0.25, -0.2) is 4.68 Å². The first-order valence-electron chi connectivity index (χ1n) is 5.93. The van der Waals surface area contributed by atoms with Gasteiger partial charge in [-0.05, 0) is 0 Å². The molecule has 1 N–H and O–H groups in total. The van der Waals surface area contributed by atoms with Gasteiger partial charge in [0.05, 0.1) is 6.20 Å². The van der Waals surface area contributed by atoms with Crippen LogP contribution in [0.2, 0.25) is 0 Å². The number of hydrogen-bond acceptors (Lipinski definition) is 6. The Hall–Kier alpha value is -0.580. The second-order valence-corrected chi connectivity index (χ2v) is 10.2. The summed E-state index contributed by atoms with van der Waals surface area (Å²) in [5, 5.41) is 7.62. The van der Waals surface area contributed by atoms with Crippen LogP contribution in [0.5, 0.6) is 0 Å². The Kier molecular flexibility index (Phi) is 6.22. The van der Waals surface area contributed by atoms with Crippen LogP contribution in [0.25, 0.3) is 0 Å². The summed E-state index contributed by atoms with van der Waals surface area (Å²) in [6.45, 7) is 0.501. The molecule has 1 aromatic heterocycles. The van der Waals surface area contributed by atoms with E-state index in [9.17, 15) is 30.1 Å². The summed E-state index contributed by atoms with van der Waals surface area (Å²) in [7, 11) is -3.75. The van der Waals surface area contributed by atoms with E-state index in [2.05, 4.69) is 10.3 Å². The van der Waals surface area contributed by atoms with Gasteiger partial charge in [0.1, 0.15) is 6.67 Å². The van der Waals surface area contributed by atoms with Gasteiger partial charge in [0.15, 0.2) is 0 Å². The predicted octanol–water partition coefficient (Wildman–Crippen LogP) is 3.34. The summed E-state index contributed by atoms with van der Waals surface area (Å²) in [6, 6.07) is 0. The number of aromatic nitrogens is 3. The Balaban J connectivity index is 0.000000585. The molecule has 1 heterocycles. The molecule has 0 saturated carbocycles. The third-order valence-electron chi connectivity index (χ3n) is 2.35. The van der Waals surface area contributed by atoms with Gasteiger partial charge in [-0.1, -0.05) is 5.21 Å². The van der Waals surface area contributed by atoms with Crippen molar-refractivity contribution in [2.24, 2.45) is 0 Å². The summed E-state index contributed by atoms with van der Waals surface area (Å²) >= 11 is 0. The number of hydrogen-bond donors (Lipinski definition) is 1. The molecule has 0 bridgehead atoms. The monoisotopic (exact) mass is 392 g/mol. The van der Waals surface area contributed by atoms with E-state index in [1.807, 2.05) is 49.2 Å². The summed E-state index contributed by atoms with van der Waals surface area (Å²) in [4.78, 5) is 10.7. The molecule has 0 aliphatic carbocycles. The zero-order valence-electron chi connectivity index (χ0n) is 13.2. The van der Waals surface area contributed by atoms with Gasteiger partial charge >= 0.3 is 40.9 Å². The van der Waals surface area contributed by atoms with Gasteiger partial charge in [-0.3, -0.25) is 0 Å². The van der Waals surface area contributed by atoms with E-state index in [0.29, 0.717) is 6.67 Å². The van der Waals surface area contributed by atoms with E-state index in [1.54, 1.807) is 17.1 Å². The van der Waals surface area contributed by atoms with Crippen molar-refractivity contribution in [3.63, 3.8) is 0 Å². The van der Waals surface area contributed by atoms with Gasteiger partial charge in [-0.2, -0.15) is 4.89 Å². The van der Waals surface area contributed by atoms with Gasteiger partial charge in [0, 0.05) is 41.4 Å². The van der Waals surface area contributed by atoms with Gasteiger partial charge in [0.2, 0.25) is 0 Å². The molecule has 7 nitrogen and oxygen atoms in total. The SMILES string of the molecule is CN(C)[P+](O)(N(C)C)N(C)Cn1ccnn1.F[P-](F)(F)(F)(F)F. The first kappa shape index (κ1) is 22.4. The van der Waals surface area contributed by atoms with Crippen LogP contribution in [0.1, 0.15) is 0 Å². The number of nitrogens with zero attached hydrogens (tertiary/aromatic N) is 6. The standard InChI is InChI=1S/C8H20N6OP.F6P/c1-11(2)16(15,12(3)4)13(5)8-14-7-6-9-10-14;1-7(2,3,4,5)6/h6-7,15H,8H2,1-5H3;/q+1;-1. The molecular formula is C8H20F6N6OP2. The van der Waals surface area contributed by atoms with Crippen LogP contribution >= 0.6 is 15.8 Å². The summed E-state index contributed by atoms with van der Waals surface area (Å²) < 4.78 is 66.4. The fourth-order valence-corrected chi connectivity index (χ4v) is 3.81. The summed E-state index contributed by atoms with van der Waals surface area (Å²) in [6.07, 6.45) is 3.39. The van der Waals surface area contributed by atoms with Crippen molar-refractivity contribution < 1.29 is 30.1 Å². The minimum absolute atomic E-state index is 0.501. The van der Waals surface area contributed by atoms with E-state index in [4.69, 9.17) is 0 Å². The van der Waals surface area contributed by atoms with Gasteiger partial charge < -0.3 is 0 Å². The maximum atomic E-state index is 10.7. The molecule has 0 atom stereocenters. The Morgan fingerprint density at radius 2 is 1.39 bits per heavy atom. The molecule has 0 fully saturated rings. The predicted molar refractivity (Wildman–Crippen MR) is 77.9 cm³/mol. The molecule has 140 valence electrons. The van der Waals surface area contributed by atoms with E-state index in [-0.39, 0.29) is 0 Å². The Morgan fingerprint density at radius 1 is 1.00 bits per heavy atom.